The second kappa shape index (κ2) is 5.88. The molecule has 2 heterocycles. The van der Waals surface area contributed by atoms with Gasteiger partial charge in [-0.3, -0.25) is 9.20 Å². The van der Waals surface area contributed by atoms with Crippen molar-refractivity contribution in [2.24, 2.45) is 0 Å². The summed E-state index contributed by atoms with van der Waals surface area (Å²) in [5, 5.41) is 0. The maximum absolute atomic E-state index is 13.7. The number of aryl methyl sites for hydroxylation is 1. The standard InChI is InChI=1S/C16H12BrFN2O2/c1-10-2-5-15-19-12(7-16(21)20(15)8-10)9-22-14-4-3-11(17)6-13(14)18/h2-8H,9H2,1H3. The Bertz CT molecular complexity index is 908. The van der Waals surface area contributed by atoms with E-state index < -0.39 is 5.82 Å². The maximum atomic E-state index is 13.7. The Labute approximate surface area is 134 Å². The van der Waals surface area contributed by atoms with Crippen molar-refractivity contribution in [3.05, 3.63) is 74.5 Å². The zero-order valence-corrected chi connectivity index (χ0v) is 13.3. The molecule has 0 saturated carbocycles. The van der Waals surface area contributed by atoms with Crippen molar-refractivity contribution in [1.29, 1.82) is 0 Å². The highest BCUT2D eigenvalue weighted by molar-refractivity contribution is 9.10. The molecule has 0 unspecified atom stereocenters. The number of rotatable bonds is 3. The van der Waals surface area contributed by atoms with Crippen LogP contribution < -0.4 is 10.3 Å². The molecule has 0 N–H and O–H groups in total. The van der Waals surface area contributed by atoms with Crippen molar-refractivity contribution in [2.75, 3.05) is 0 Å². The van der Waals surface area contributed by atoms with E-state index >= 15 is 0 Å². The normalized spacial score (nSPS) is 10.9. The molecule has 0 atom stereocenters. The second-order valence-electron chi connectivity index (χ2n) is 4.88. The molecule has 3 rings (SSSR count). The van der Waals surface area contributed by atoms with Crippen LogP contribution in [0.25, 0.3) is 5.65 Å². The number of ether oxygens (including phenoxy) is 1. The van der Waals surface area contributed by atoms with E-state index in [0.29, 0.717) is 15.8 Å². The fraction of sp³-hybridized carbons (Fsp3) is 0.125. The molecule has 3 aromatic rings. The lowest BCUT2D eigenvalue weighted by Gasteiger charge is -2.08. The van der Waals surface area contributed by atoms with Gasteiger partial charge in [-0.05, 0) is 36.8 Å². The Morgan fingerprint density at radius 2 is 2.09 bits per heavy atom. The molecule has 0 bridgehead atoms. The lowest BCUT2D eigenvalue weighted by atomic mass is 10.3. The van der Waals surface area contributed by atoms with Gasteiger partial charge in [-0.1, -0.05) is 22.0 Å². The molecule has 0 radical (unpaired) electrons. The molecule has 2 aromatic heterocycles. The van der Waals surface area contributed by atoms with Crippen LogP contribution in [0, 0.1) is 12.7 Å². The Kier molecular flexibility index (Phi) is 3.94. The van der Waals surface area contributed by atoms with Crippen molar-refractivity contribution in [2.45, 2.75) is 13.5 Å². The predicted octanol–water partition coefficient (Wildman–Crippen LogP) is 3.48. The van der Waals surface area contributed by atoms with Gasteiger partial charge in [0.1, 0.15) is 12.3 Å². The summed E-state index contributed by atoms with van der Waals surface area (Å²) in [6.45, 7) is 1.93. The number of pyridine rings is 1. The van der Waals surface area contributed by atoms with Gasteiger partial charge in [0, 0.05) is 16.7 Å². The highest BCUT2D eigenvalue weighted by atomic mass is 79.9. The number of hydrogen-bond acceptors (Lipinski definition) is 3. The molecule has 0 fully saturated rings. The average molecular weight is 363 g/mol. The van der Waals surface area contributed by atoms with E-state index in [4.69, 9.17) is 4.74 Å². The molecule has 112 valence electrons. The van der Waals surface area contributed by atoms with Gasteiger partial charge in [-0.25, -0.2) is 9.37 Å². The SMILES string of the molecule is Cc1ccc2nc(COc3ccc(Br)cc3F)cc(=O)n2c1. The number of halogens is 2. The summed E-state index contributed by atoms with van der Waals surface area (Å²) in [4.78, 5) is 16.4. The number of fused-ring (bicyclic) bond motifs is 1. The fourth-order valence-electron chi connectivity index (χ4n) is 2.08. The lowest BCUT2D eigenvalue weighted by molar-refractivity contribution is 0.286. The minimum Gasteiger partial charge on any atom is -0.484 e. The van der Waals surface area contributed by atoms with Crippen LogP contribution in [0.4, 0.5) is 4.39 Å². The molecular formula is C16H12BrFN2O2. The summed E-state index contributed by atoms with van der Waals surface area (Å²) in [6.07, 6.45) is 1.73. The first-order valence-electron chi connectivity index (χ1n) is 6.60. The molecule has 0 spiro atoms. The molecule has 1 aromatic carbocycles. The van der Waals surface area contributed by atoms with Crippen molar-refractivity contribution in [3.63, 3.8) is 0 Å². The highest BCUT2D eigenvalue weighted by Crippen LogP contribution is 2.22. The largest absolute Gasteiger partial charge is 0.484 e. The molecular weight excluding hydrogens is 351 g/mol. The van der Waals surface area contributed by atoms with E-state index in [0.717, 1.165) is 5.56 Å². The number of benzene rings is 1. The Hall–Kier alpha value is -2.21. The number of nitrogens with zero attached hydrogens (tertiary/aromatic N) is 2. The molecule has 0 aliphatic heterocycles. The molecule has 4 nitrogen and oxygen atoms in total. The van der Waals surface area contributed by atoms with E-state index in [2.05, 4.69) is 20.9 Å². The maximum Gasteiger partial charge on any atom is 0.258 e. The molecule has 0 amide bonds. The topological polar surface area (TPSA) is 43.6 Å². The van der Waals surface area contributed by atoms with Gasteiger partial charge in [0.05, 0.1) is 5.69 Å². The highest BCUT2D eigenvalue weighted by Gasteiger charge is 2.07. The van der Waals surface area contributed by atoms with E-state index in [-0.39, 0.29) is 17.9 Å². The number of hydrogen-bond donors (Lipinski definition) is 0. The first-order chi connectivity index (χ1) is 10.5. The molecule has 6 heteroatoms. The van der Waals surface area contributed by atoms with Crippen molar-refractivity contribution in [3.8, 4) is 5.75 Å². The van der Waals surface area contributed by atoms with Crippen molar-refractivity contribution in [1.82, 2.24) is 9.38 Å². The van der Waals surface area contributed by atoms with E-state index in [9.17, 15) is 9.18 Å². The van der Waals surface area contributed by atoms with Crippen LogP contribution >= 0.6 is 15.9 Å². The van der Waals surface area contributed by atoms with E-state index in [1.165, 1.54) is 22.6 Å². The number of aromatic nitrogens is 2. The Morgan fingerprint density at radius 1 is 1.27 bits per heavy atom. The van der Waals surface area contributed by atoms with Gasteiger partial charge in [0.2, 0.25) is 0 Å². The molecule has 0 aliphatic carbocycles. The Morgan fingerprint density at radius 3 is 2.86 bits per heavy atom. The lowest BCUT2D eigenvalue weighted by Crippen LogP contribution is -2.16. The van der Waals surface area contributed by atoms with E-state index in [1.807, 2.05) is 13.0 Å². The zero-order chi connectivity index (χ0) is 15.7. The average Bonchev–Trinajstić information content (AvgIpc) is 2.47. The summed E-state index contributed by atoms with van der Waals surface area (Å²) in [6, 6.07) is 9.56. The second-order valence-corrected chi connectivity index (χ2v) is 5.80. The van der Waals surface area contributed by atoms with Crippen LogP contribution in [0.5, 0.6) is 5.75 Å². The van der Waals surface area contributed by atoms with Crippen LogP contribution in [0.3, 0.4) is 0 Å². The van der Waals surface area contributed by atoms with Crippen LogP contribution in [0.1, 0.15) is 11.3 Å². The summed E-state index contributed by atoms with van der Waals surface area (Å²) in [5.41, 5.74) is 1.77. The summed E-state index contributed by atoms with van der Waals surface area (Å²) in [5.74, 6) is -0.350. The third kappa shape index (κ3) is 3.01. The minimum absolute atomic E-state index is 0.0260. The smallest absolute Gasteiger partial charge is 0.258 e. The third-order valence-electron chi connectivity index (χ3n) is 3.13. The third-order valence-corrected chi connectivity index (χ3v) is 3.62. The van der Waals surface area contributed by atoms with Crippen molar-refractivity contribution >= 4 is 21.6 Å². The predicted molar refractivity (Wildman–Crippen MR) is 84.6 cm³/mol. The van der Waals surface area contributed by atoms with Gasteiger partial charge in [-0.15, -0.1) is 0 Å². The molecule has 0 saturated heterocycles. The van der Waals surface area contributed by atoms with Crippen molar-refractivity contribution < 1.29 is 9.13 Å². The van der Waals surface area contributed by atoms with Crippen LogP contribution in [0.15, 0.2) is 51.9 Å². The van der Waals surface area contributed by atoms with Gasteiger partial charge < -0.3 is 4.74 Å². The quantitative estimate of drug-likeness (QED) is 0.716. The van der Waals surface area contributed by atoms with Gasteiger partial charge in [0.25, 0.3) is 5.56 Å². The monoisotopic (exact) mass is 362 g/mol. The fourth-order valence-corrected chi connectivity index (χ4v) is 2.41. The minimum atomic E-state index is -0.470. The van der Waals surface area contributed by atoms with Crippen LogP contribution in [-0.2, 0) is 6.61 Å². The molecule has 22 heavy (non-hydrogen) atoms. The zero-order valence-electron chi connectivity index (χ0n) is 11.7. The van der Waals surface area contributed by atoms with E-state index in [1.54, 1.807) is 18.3 Å². The van der Waals surface area contributed by atoms with Gasteiger partial charge in [0.15, 0.2) is 11.6 Å². The first kappa shape index (κ1) is 14.7. The summed E-state index contributed by atoms with van der Waals surface area (Å²) in [7, 11) is 0. The van der Waals surface area contributed by atoms with Gasteiger partial charge in [-0.2, -0.15) is 0 Å². The summed E-state index contributed by atoms with van der Waals surface area (Å²) < 4.78 is 21.2. The van der Waals surface area contributed by atoms with Crippen LogP contribution in [0.2, 0.25) is 0 Å². The first-order valence-corrected chi connectivity index (χ1v) is 7.39. The van der Waals surface area contributed by atoms with Gasteiger partial charge >= 0.3 is 0 Å². The Balaban J connectivity index is 1.88. The summed E-state index contributed by atoms with van der Waals surface area (Å²) >= 11 is 3.18. The molecule has 0 aliphatic rings. The van der Waals surface area contributed by atoms with Crippen LogP contribution in [-0.4, -0.2) is 9.38 Å².